The standard InChI is InChI=1S/C19H23N3O4S/c1-14-9-10-18(26-14)15(2)20-21-19(23)16-7-6-8-17(13-16)27(24,25)22-11-4-3-5-12-22/h6-10,13H,3-5,11-12H2,1-2H3,(H,21,23)/b20-15-. The maximum absolute atomic E-state index is 12.8. The van der Waals surface area contributed by atoms with Crippen molar-refractivity contribution in [2.24, 2.45) is 5.10 Å². The number of amides is 1. The van der Waals surface area contributed by atoms with Gasteiger partial charge in [0.25, 0.3) is 5.91 Å². The lowest BCUT2D eigenvalue weighted by atomic mass is 10.2. The molecule has 0 bridgehead atoms. The molecule has 1 fully saturated rings. The molecule has 7 nitrogen and oxygen atoms in total. The summed E-state index contributed by atoms with van der Waals surface area (Å²) < 4.78 is 32.5. The quantitative estimate of drug-likeness (QED) is 0.629. The van der Waals surface area contributed by atoms with Gasteiger partial charge in [-0.15, -0.1) is 0 Å². The molecule has 0 unspecified atom stereocenters. The van der Waals surface area contributed by atoms with E-state index >= 15 is 0 Å². The van der Waals surface area contributed by atoms with Crippen LogP contribution in [0.1, 0.15) is 48.1 Å². The number of carbonyl (C=O) groups excluding carboxylic acids is 1. The van der Waals surface area contributed by atoms with E-state index in [0.717, 1.165) is 25.0 Å². The highest BCUT2D eigenvalue weighted by Crippen LogP contribution is 2.21. The Morgan fingerprint density at radius 1 is 1.15 bits per heavy atom. The van der Waals surface area contributed by atoms with Gasteiger partial charge in [0.15, 0.2) is 0 Å². The largest absolute Gasteiger partial charge is 0.460 e. The third-order valence-corrected chi connectivity index (χ3v) is 6.37. The Morgan fingerprint density at radius 2 is 1.89 bits per heavy atom. The van der Waals surface area contributed by atoms with Crippen molar-refractivity contribution in [1.82, 2.24) is 9.73 Å². The van der Waals surface area contributed by atoms with Crippen molar-refractivity contribution < 1.29 is 17.6 Å². The Morgan fingerprint density at radius 3 is 2.56 bits per heavy atom. The fourth-order valence-electron chi connectivity index (χ4n) is 2.94. The van der Waals surface area contributed by atoms with Gasteiger partial charge in [-0.2, -0.15) is 9.41 Å². The van der Waals surface area contributed by atoms with E-state index in [2.05, 4.69) is 10.5 Å². The first kappa shape index (κ1) is 19.3. The Kier molecular flexibility index (Phi) is 5.76. The molecule has 1 saturated heterocycles. The number of hydrogen-bond donors (Lipinski definition) is 1. The highest BCUT2D eigenvalue weighted by Gasteiger charge is 2.26. The van der Waals surface area contributed by atoms with Crippen LogP contribution in [0.15, 0.2) is 50.8 Å². The fourth-order valence-corrected chi connectivity index (χ4v) is 4.50. The summed E-state index contributed by atoms with van der Waals surface area (Å²) in [4.78, 5) is 12.5. The molecule has 2 aromatic rings. The predicted molar refractivity (Wildman–Crippen MR) is 102 cm³/mol. The van der Waals surface area contributed by atoms with E-state index in [0.29, 0.717) is 24.6 Å². The van der Waals surface area contributed by atoms with Gasteiger partial charge in [0.05, 0.1) is 4.90 Å². The summed E-state index contributed by atoms with van der Waals surface area (Å²) in [6.45, 7) is 4.58. The highest BCUT2D eigenvalue weighted by atomic mass is 32.2. The summed E-state index contributed by atoms with van der Waals surface area (Å²) in [6, 6.07) is 9.62. The molecule has 1 aromatic heterocycles. The van der Waals surface area contributed by atoms with Crippen LogP contribution in [0.5, 0.6) is 0 Å². The summed E-state index contributed by atoms with van der Waals surface area (Å²) in [5.74, 6) is 0.837. The number of piperidine rings is 1. The maximum atomic E-state index is 12.8. The molecule has 144 valence electrons. The summed E-state index contributed by atoms with van der Waals surface area (Å²) >= 11 is 0. The Bertz CT molecular complexity index is 957. The average Bonchev–Trinajstić information content (AvgIpc) is 3.13. The van der Waals surface area contributed by atoms with Crippen LogP contribution in [0.25, 0.3) is 0 Å². The van der Waals surface area contributed by atoms with E-state index in [1.54, 1.807) is 25.1 Å². The molecular weight excluding hydrogens is 366 g/mol. The molecule has 1 aromatic carbocycles. The average molecular weight is 389 g/mol. The molecule has 0 aliphatic carbocycles. The lowest BCUT2D eigenvalue weighted by Gasteiger charge is -2.25. The molecule has 0 atom stereocenters. The smallest absolute Gasteiger partial charge is 0.271 e. The number of hydrazone groups is 1. The fraction of sp³-hybridized carbons (Fsp3) is 0.368. The Labute approximate surface area is 159 Å². The SMILES string of the molecule is C/C(=N/NC(=O)c1cccc(S(=O)(=O)N2CCCCC2)c1)c1ccc(C)o1. The second-order valence-electron chi connectivity index (χ2n) is 6.54. The molecule has 2 heterocycles. The first-order chi connectivity index (χ1) is 12.9. The van der Waals surface area contributed by atoms with Crippen LogP contribution < -0.4 is 5.43 Å². The van der Waals surface area contributed by atoms with E-state index < -0.39 is 15.9 Å². The predicted octanol–water partition coefficient (Wildman–Crippen LogP) is 2.92. The number of aryl methyl sites for hydroxylation is 1. The number of nitrogens with one attached hydrogen (secondary N) is 1. The number of nitrogens with zero attached hydrogens (tertiary/aromatic N) is 2. The van der Waals surface area contributed by atoms with Crippen LogP contribution in [0.2, 0.25) is 0 Å². The van der Waals surface area contributed by atoms with Crippen molar-refractivity contribution in [2.45, 2.75) is 38.0 Å². The van der Waals surface area contributed by atoms with Crippen LogP contribution in [0.3, 0.4) is 0 Å². The number of furan rings is 1. The van der Waals surface area contributed by atoms with Gasteiger partial charge in [-0.3, -0.25) is 4.79 Å². The number of hydrogen-bond acceptors (Lipinski definition) is 5. The van der Waals surface area contributed by atoms with Gasteiger partial charge in [-0.25, -0.2) is 13.8 Å². The van der Waals surface area contributed by atoms with E-state index in [4.69, 9.17) is 4.42 Å². The van der Waals surface area contributed by atoms with Gasteiger partial charge in [-0.05, 0) is 57.0 Å². The van der Waals surface area contributed by atoms with Gasteiger partial charge in [0.1, 0.15) is 17.2 Å². The molecule has 1 aliphatic rings. The molecule has 1 amide bonds. The lowest BCUT2D eigenvalue weighted by Crippen LogP contribution is -2.35. The summed E-state index contributed by atoms with van der Waals surface area (Å²) in [5.41, 5.74) is 3.20. The molecule has 3 rings (SSSR count). The molecule has 0 spiro atoms. The number of sulfonamides is 1. The molecule has 0 radical (unpaired) electrons. The maximum Gasteiger partial charge on any atom is 0.271 e. The van der Waals surface area contributed by atoms with E-state index in [-0.39, 0.29) is 10.5 Å². The van der Waals surface area contributed by atoms with Gasteiger partial charge >= 0.3 is 0 Å². The first-order valence-electron chi connectivity index (χ1n) is 8.89. The van der Waals surface area contributed by atoms with Crippen LogP contribution in [0, 0.1) is 6.92 Å². The zero-order valence-corrected chi connectivity index (χ0v) is 16.3. The minimum atomic E-state index is -3.59. The van der Waals surface area contributed by atoms with Crippen LogP contribution in [-0.4, -0.2) is 37.4 Å². The first-order valence-corrected chi connectivity index (χ1v) is 10.3. The van der Waals surface area contributed by atoms with E-state index in [1.165, 1.54) is 16.4 Å². The summed E-state index contributed by atoms with van der Waals surface area (Å²) in [5, 5.41) is 4.03. The van der Waals surface area contributed by atoms with Crippen LogP contribution >= 0.6 is 0 Å². The van der Waals surface area contributed by atoms with Gasteiger partial charge < -0.3 is 4.42 Å². The molecule has 1 N–H and O–H groups in total. The third kappa shape index (κ3) is 4.45. The summed E-state index contributed by atoms with van der Waals surface area (Å²) in [7, 11) is -3.59. The monoisotopic (exact) mass is 389 g/mol. The van der Waals surface area contributed by atoms with Crippen molar-refractivity contribution in [1.29, 1.82) is 0 Å². The van der Waals surface area contributed by atoms with Crippen molar-refractivity contribution in [2.75, 3.05) is 13.1 Å². The second kappa shape index (κ2) is 8.06. The molecule has 8 heteroatoms. The van der Waals surface area contributed by atoms with Crippen molar-refractivity contribution in [3.8, 4) is 0 Å². The minimum Gasteiger partial charge on any atom is -0.460 e. The Hall–Kier alpha value is -2.45. The zero-order valence-electron chi connectivity index (χ0n) is 15.4. The zero-order chi connectivity index (χ0) is 19.4. The summed E-state index contributed by atoms with van der Waals surface area (Å²) in [6.07, 6.45) is 2.76. The molecule has 1 aliphatic heterocycles. The topological polar surface area (TPSA) is 92.0 Å². The Balaban J connectivity index is 1.75. The van der Waals surface area contributed by atoms with Gasteiger partial charge in [-0.1, -0.05) is 12.5 Å². The van der Waals surface area contributed by atoms with Gasteiger partial charge in [0.2, 0.25) is 10.0 Å². The molecular formula is C19H23N3O4S. The number of carbonyl (C=O) groups is 1. The van der Waals surface area contributed by atoms with E-state index in [1.807, 2.05) is 13.0 Å². The van der Waals surface area contributed by atoms with Crippen molar-refractivity contribution >= 4 is 21.6 Å². The number of rotatable bonds is 5. The molecule has 0 saturated carbocycles. The van der Waals surface area contributed by atoms with Gasteiger partial charge in [0, 0.05) is 18.7 Å². The van der Waals surface area contributed by atoms with Crippen LogP contribution in [-0.2, 0) is 10.0 Å². The third-order valence-electron chi connectivity index (χ3n) is 4.47. The normalized spacial score (nSPS) is 16.3. The van der Waals surface area contributed by atoms with Crippen LogP contribution in [0.4, 0.5) is 0 Å². The molecule has 27 heavy (non-hydrogen) atoms. The second-order valence-corrected chi connectivity index (χ2v) is 8.48. The highest BCUT2D eigenvalue weighted by molar-refractivity contribution is 7.89. The number of benzene rings is 1. The lowest BCUT2D eigenvalue weighted by molar-refractivity contribution is 0.0954. The van der Waals surface area contributed by atoms with Crippen molar-refractivity contribution in [3.63, 3.8) is 0 Å². The van der Waals surface area contributed by atoms with Crippen molar-refractivity contribution in [3.05, 3.63) is 53.5 Å². The van der Waals surface area contributed by atoms with E-state index in [9.17, 15) is 13.2 Å². The minimum absolute atomic E-state index is 0.124.